The standard InChI is InChI=1S/C25H27N3O2S.C14H17NO2.C12H14N2S.C9H7NO2.C6H14.ClH/c29-25-9-7-19-6-8-20(18-22(19)26-25)30-16-2-1-11-27-12-14-28(15-13-27)23-4-3-5-24-21(23)10-17-31-24;1-2-3-4-9-17-12-7-5-11-6-8-14(16)15-13(11)10-12;1-2-11(14-7-5-13-6-8-14)10-4-9-15-12(10)3-1;11-7-3-1-6-2-4-9(12)10-8(6)5-7;1-3-5-6-4-2;/h3-10,17-18H,1-2,11-16H2,(H,26,29);5-8,10H,2-4,9H2,1H3,(H,15,16);1-4,9,13H,5-8H2;1-5,11H,(H,10,12);3-6H2,1-2H3;1H. The molecule has 5 aromatic heterocycles. The number of phenols is 1. The Morgan fingerprint density at radius 2 is 0.902 bits per heavy atom. The van der Waals surface area contributed by atoms with Crippen molar-refractivity contribution in [3.05, 3.63) is 181 Å². The van der Waals surface area contributed by atoms with Crippen molar-refractivity contribution < 1.29 is 14.6 Å². The van der Waals surface area contributed by atoms with Gasteiger partial charge in [0, 0.05) is 120 Å². The Morgan fingerprint density at radius 3 is 1.39 bits per heavy atom. The third kappa shape index (κ3) is 18.7. The Balaban J connectivity index is 0.000000162. The Morgan fingerprint density at radius 1 is 0.476 bits per heavy atom. The lowest BCUT2D eigenvalue weighted by Gasteiger charge is -2.36. The highest BCUT2D eigenvalue weighted by atomic mass is 35.5. The van der Waals surface area contributed by atoms with Crippen LogP contribution in [0.2, 0.25) is 0 Å². The van der Waals surface area contributed by atoms with Gasteiger partial charge in [-0.25, -0.2) is 0 Å². The Bertz CT molecular complexity index is 3690. The number of anilines is 2. The highest BCUT2D eigenvalue weighted by molar-refractivity contribution is 7.17. The van der Waals surface area contributed by atoms with Gasteiger partial charge in [0.25, 0.3) is 0 Å². The lowest BCUT2D eigenvalue weighted by atomic mass is 10.2. The number of hydrogen-bond donors (Lipinski definition) is 5. The van der Waals surface area contributed by atoms with Crippen molar-refractivity contribution >= 4 is 99.3 Å². The number of nitrogens with one attached hydrogen (secondary N) is 4. The lowest BCUT2D eigenvalue weighted by molar-refractivity contribution is 0.239. The number of aromatic nitrogens is 3. The Hall–Kier alpha value is -7.14. The fraction of sp³-hybridized carbons (Fsp3) is 0.348. The maximum atomic E-state index is 11.5. The number of rotatable bonds is 16. The van der Waals surface area contributed by atoms with Crippen molar-refractivity contribution in [2.75, 3.05) is 81.9 Å². The van der Waals surface area contributed by atoms with Crippen LogP contribution in [0.15, 0.2) is 165 Å². The van der Waals surface area contributed by atoms with Crippen LogP contribution in [-0.4, -0.2) is 97.1 Å². The topological polar surface area (TPSA) is 159 Å². The number of pyridine rings is 3. The number of unbranched alkanes of at least 4 members (excludes halogenated alkanes) is 6. The number of piperazine rings is 2. The second-order valence-corrected chi connectivity index (χ2v) is 22.2. The molecule has 13 nitrogen and oxygen atoms in total. The van der Waals surface area contributed by atoms with Gasteiger partial charge >= 0.3 is 0 Å². The first-order valence-corrected chi connectivity index (χ1v) is 30.6. The largest absolute Gasteiger partial charge is 0.508 e. The molecule has 0 saturated carbocycles. The van der Waals surface area contributed by atoms with Gasteiger partial charge < -0.3 is 44.6 Å². The van der Waals surface area contributed by atoms with E-state index < -0.39 is 0 Å². The smallest absolute Gasteiger partial charge is 0.248 e. The first-order valence-electron chi connectivity index (χ1n) is 28.9. The molecular formula is C66H80ClN7O6S2. The summed E-state index contributed by atoms with van der Waals surface area (Å²) in [7, 11) is 0. The number of H-pyrrole nitrogens is 3. The number of halogens is 1. The molecule has 0 aliphatic carbocycles. The van der Waals surface area contributed by atoms with Gasteiger partial charge in [-0.15, -0.1) is 35.1 Å². The van der Waals surface area contributed by atoms with Crippen LogP contribution in [0.1, 0.15) is 78.6 Å². The zero-order valence-corrected chi connectivity index (χ0v) is 50.1. The summed E-state index contributed by atoms with van der Waals surface area (Å²) in [6.07, 6.45) is 11.1. The van der Waals surface area contributed by atoms with Gasteiger partial charge in [-0.1, -0.05) is 71.4 Å². The van der Waals surface area contributed by atoms with E-state index in [4.69, 9.17) is 14.6 Å². The predicted octanol–water partition coefficient (Wildman–Crippen LogP) is 14.4. The molecule has 10 aromatic rings. The molecule has 0 amide bonds. The van der Waals surface area contributed by atoms with Crippen molar-refractivity contribution in [3.63, 3.8) is 0 Å². The molecule has 16 heteroatoms. The molecule has 0 atom stereocenters. The van der Waals surface area contributed by atoms with E-state index in [1.54, 1.807) is 24.3 Å². The van der Waals surface area contributed by atoms with Crippen molar-refractivity contribution in [2.45, 2.75) is 78.6 Å². The average molecular weight is 1170 g/mol. The van der Waals surface area contributed by atoms with Gasteiger partial charge in [0.15, 0.2) is 0 Å². The van der Waals surface area contributed by atoms with Crippen molar-refractivity contribution in [1.82, 2.24) is 25.2 Å². The number of phenolic OH excluding ortho intramolecular Hbond substituents is 1. The van der Waals surface area contributed by atoms with Crippen LogP contribution in [-0.2, 0) is 0 Å². The molecule has 434 valence electrons. The molecule has 5 aromatic carbocycles. The van der Waals surface area contributed by atoms with E-state index >= 15 is 0 Å². The molecule has 5 N–H and O–H groups in total. The normalized spacial score (nSPS) is 13.2. The van der Waals surface area contributed by atoms with Crippen LogP contribution in [0.25, 0.3) is 52.9 Å². The third-order valence-electron chi connectivity index (χ3n) is 14.3. The second kappa shape index (κ2) is 33.1. The molecule has 2 saturated heterocycles. The molecule has 0 bridgehead atoms. The minimum Gasteiger partial charge on any atom is -0.508 e. The van der Waals surface area contributed by atoms with Crippen LogP contribution in [0.5, 0.6) is 17.2 Å². The predicted molar refractivity (Wildman–Crippen MR) is 350 cm³/mol. The van der Waals surface area contributed by atoms with Gasteiger partial charge in [0.1, 0.15) is 17.2 Å². The third-order valence-corrected chi connectivity index (χ3v) is 16.1. The fourth-order valence-corrected chi connectivity index (χ4v) is 11.5. The minimum absolute atomic E-state index is 0. The highest BCUT2D eigenvalue weighted by Crippen LogP contribution is 2.32. The van der Waals surface area contributed by atoms with E-state index in [1.165, 1.54) is 88.3 Å². The van der Waals surface area contributed by atoms with E-state index in [0.717, 1.165) is 123 Å². The fourth-order valence-electron chi connectivity index (χ4n) is 9.87. The SMILES string of the molecule is CCCCCC.CCCCCOc1ccc2ccc(=O)[nH]c2c1.Cl.O=c1ccc2ccc(O)cc2[nH]1.O=c1ccc2ccc(OCCCCN3CCN(c4cccc5sccc45)CC3)cc2[nH]1.c1cc(N2CCNCC2)c2ccsc2c1. The molecule has 2 fully saturated rings. The summed E-state index contributed by atoms with van der Waals surface area (Å²) < 4.78 is 14.3. The summed E-state index contributed by atoms with van der Waals surface area (Å²) >= 11 is 3.64. The summed E-state index contributed by atoms with van der Waals surface area (Å²) in [5.41, 5.74) is 4.75. The van der Waals surface area contributed by atoms with Crippen molar-refractivity contribution in [3.8, 4) is 17.2 Å². The number of fused-ring (bicyclic) bond motifs is 5. The van der Waals surface area contributed by atoms with Crippen molar-refractivity contribution in [2.24, 2.45) is 0 Å². The van der Waals surface area contributed by atoms with Gasteiger partial charge in [-0.2, -0.15) is 0 Å². The van der Waals surface area contributed by atoms with E-state index in [0.29, 0.717) is 12.1 Å². The summed E-state index contributed by atoms with van der Waals surface area (Å²) in [6.45, 7) is 18.0. The first kappa shape index (κ1) is 62.5. The van der Waals surface area contributed by atoms with E-state index in [1.807, 2.05) is 71.2 Å². The number of nitrogens with zero attached hydrogens (tertiary/aromatic N) is 3. The van der Waals surface area contributed by atoms with Gasteiger partial charge in [0.2, 0.25) is 16.7 Å². The monoisotopic (exact) mass is 1170 g/mol. The Kier molecular flexibility index (Phi) is 25.2. The second-order valence-electron chi connectivity index (χ2n) is 20.3. The maximum Gasteiger partial charge on any atom is 0.248 e. The molecule has 7 heterocycles. The molecule has 82 heavy (non-hydrogen) atoms. The van der Waals surface area contributed by atoms with Gasteiger partial charge in [-0.05, 0) is 144 Å². The number of aromatic amines is 3. The van der Waals surface area contributed by atoms with Crippen LogP contribution in [0.4, 0.5) is 11.4 Å². The van der Waals surface area contributed by atoms with Crippen LogP contribution < -0.4 is 41.3 Å². The number of aromatic hydroxyl groups is 1. The van der Waals surface area contributed by atoms with Gasteiger partial charge in [-0.3, -0.25) is 19.3 Å². The first-order chi connectivity index (χ1) is 39.7. The Labute approximate surface area is 495 Å². The van der Waals surface area contributed by atoms with E-state index in [2.05, 4.69) is 115 Å². The number of benzene rings is 5. The van der Waals surface area contributed by atoms with Crippen molar-refractivity contribution in [1.29, 1.82) is 0 Å². The number of thiophene rings is 2. The van der Waals surface area contributed by atoms with Crippen LogP contribution >= 0.6 is 35.1 Å². The quantitative estimate of drug-likeness (QED) is 0.0590. The molecule has 12 rings (SSSR count). The number of ether oxygens (including phenoxy) is 2. The molecule has 0 spiro atoms. The molecule has 0 unspecified atom stereocenters. The van der Waals surface area contributed by atoms with E-state index in [-0.39, 0.29) is 34.8 Å². The zero-order chi connectivity index (χ0) is 56.6. The average Bonchev–Trinajstić information content (AvgIpc) is 4.33. The molecule has 0 radical (unpaired) electrons. The van der Waals surface area contributed by atoms with Gasteiger partial charge in [0.05, 0.1) is 29.8 Å². The zero-order valence-electron chi connectivity index (χ0n) is 47.6. The summed E-state index contributed by atoms with van der Waals surface area (Å²) in [4.78, 5) is 49.4. The van der Waals surface area contributed by atoms with Crippen LogP contribution in [0.3, 0.4) is 0 Å². The number of hydrogen-bond acceptors (Lipinski definition) is 12. The minimum atomic E-state index is -0.159. The highest BCUT2D eigenvalue weighted by Gasteiger charge is 2.19. The summed E-state index contributed by atoms with van der Waals surface area (Å²) in [5, 5.41) is 22.6. The lowest BCUT2D eigenvalue weighted by Crippen LogP contribution is -2.46. The summed E-state index contributed by atoms with van der Waals surface area (Å²) in [5.74, 6) is 1.78. The van der Waals surface area contributed by atoms with E-state index in [9.17, 15) is 14.4 Å². The van der Waals surface area contributed by atoms with Crippen LogP contribution in [0, 0.1) is 0 Å². The summed E-state index contributed by atoms with van der Waals surface area (Å²) in [6, 6.07) is 44.1. The molecule has 2 aliphatic rings. The molecular weight excluding hydrogens is 1090 g/mol. The molecule has 2 aliphatic heterocycles. The maximum absolute atomic E-state index is 11.5.